The molecule has 2 rings (SSSR count). The number of rotatable bonds is 4. The van der Waals surface area contributed by atoms with Crippen LogP contribution in [0.15, 0.2) is 29.2 Å². The summed E-state index contributed by atoms with van der Waals surface area (Å²) in [6.45, 7) is 5.47. The van der Waals surface area contributed by atoms with Crippen LogP contribution >= 0.6 is 0 Å². The van der Waals surface area contributed by atoms with E-state index in [1.807, 2.05) is 6.92 Å². The predicted molar refractivity (Wildman–Crippen MR) is 78.6 cm³/mol. The molecule has 0 aromatic heterocycles. The molecule has 21 heavy (non-hydrogen) atoms. The highest BCUT2D eigenvalue weighted by Gasteiger charge is 2.23. The third-order valence-electron chi connectivity index (χ3n) is 3.25. The normalized spacial score (nSPS) is 19.5. The van der Waals surface area contributed by atoms with Crippen molar-refractivity contribution in [2.75, 3.05) is 26.2 Å². The van der Waals surface area contributed by atoms with Crippen LogP contribution in [-0.4, -0.2) is 51.6 Å². The van der Waals surface area contributed by atoms with Gasteiger partial charge in [-0.25, -0.2) is 13.1 Å². The number of ether oxygens (including phenoxy) is 1. The zero-order valence-corrected chi connectivity index (χ0v) is 13.0. The van der Waals surface area contributed by atoms with Crippen molar-refractivity contribution in [2.24, 2.45) is 0 Å². The average Bonchev–Trinajstić information content (AvgIpc) is 2.46. The van der Waals surface area contributed by atoms with Crippen molar-refractivity contribution in [3.63, 3.8) is 0 Å². The van der Waals surface area contributed by atoms with Crippen molar-refractivity contribution in [2.45, 2.75) is 24.8 Å². The SMILES string of the molecule is CCNS(=O)(=O)c1cccc(C(=O)N2CCOC(C)C2)c1. The van der Waals surface area contributed by atoms with Gasteiger partial charge in [0.25, 0.3) is 5.91 Å². The summed E-state index contributed by atoms with van der Waals surface area (Å²) in [6.07, 6.45) is -0.00336. The van der Waals surface area contributed by atoms with E-state index in [1.165, 1.54) is 12.1 Å². The Hall–Kier alpha value is -1.44. The molecule has 0 radical (unpaired) electrons. The largest absolute Gasteiger partial charge is 0.375 e. The number of hydrogen-bond acceptors (Lipinski definition) is 4. The number of nitrogens with one attached hydrogen (secondary N) is 1. The van der Waals surface area contributed by atoms with E-state index >= 15 is 0 Å². The first kappa shape index (κ1) is 15.9. The average molecular weight is 312 g/mol. The fourth-order valence-corrected chi connectivity index (χ4v) is 3.34. The lowest BCUT2D eigenvalue weighted by molar-refractivity contribution is -0.0124. The Bertz CT molecular complexity index is 615. The molecular weight excluding hydrogens is 292 g/mol. The third kappa shape index (κ3) is 3.81. The molecule has 6 nitrogen and oxygen atoms in total. The second-order valence-electron chi connectivity index (χ2n) is 4.96. The number of benzene rings is 1. The zero-order valence-electron chi connectivity index (χ0n) is 12.2. The maximum absolute atomic E-state index is 12.4. The highest BCUT2D eigenvalue weighted by atomic mass is 32.2. The van der Waals surface area contributed by atoms with Gasteiger partial charge in [-0.1, -0.05) is 13.0 Å². The number of carbonyl (C=O) groups is 1. The van der Waals surface area contributed by atoms with Gasteiger partial charge in [-0.15, -0.1) is 0 Å². The highest BCUT2D eigenvalue weighted by Crippen LogP contribution is 2.15. The van der Waals surface area contributed by atoms with Crippen LogP contribution in [0.1, 0.15) is 24.2 Å². The summed E-state index contributed by atoms with van der Waals surface area (Å²) >= 11 is 0. The van der Waals surface area contributed by atoms with Crippen molar-refractivity contribution in [3.8, 4) is 0 Å². The van der Waals surface area contributed by atoms with Crippen LogP contribution in [0.3, 0.4) is 0 Å². The molecule has 1 aromatic rings. The minimum atomic E-state index is -3.55. The molecule has 1 aliphatic heterocycles. The Morgan fingerprint density at radius 1 is 1.48 bits per heavy atom. The van der Waals surface area contributed by atoms with E-state index in [2.05, 4.69) is 4.72 Å². The Morgan fingerprint density at radius 2 is 2.24 bits per heavy atom. The smallest absolute Gasteiger partial charge is 0.254 e. The number of hydrogen-bond donors (Lipinski definition) is 1. The van der Waals surface area contributed by atoms with Gasteiger partial charge in [0.05, 0.1) is 17.6 Å². The van der Waals surface area contributed by atoms with Gasteiger partial charge >= 0.3 is 0 Å². The third-order valence-corrected chi connectivity index (χ3v) is 4.80. The monoisotopic (exact) mass is 312 g/mol. The summed E-state index contributed by atoms with van der Waals surface area (Å²) in [5, 5.41) is 0. The maximum atomic E-state index is 12.4. The molecule has 116 valence electrons. The fraction of sp³-hybridized carbons (Fsp3) is 0.500. The van der Waals surface area contributed by atoms with Crippen LogP contribution in [0.2, 0.25) is 0 Å². The van der Waals surface area contributed by atoms with Gasteiger partial charge in [0.1, 0.15) is 0 Å². The summed E-state index contributed by atoms with van der Waals surface area (Å²) in [6, 6.07) is 6.12. The minimum absolute atomic E-state index is 0.00336. The van der Waals surface area contributed by atoms with Gasteiger partial charge in [0.15, 0.2) is 0 Å². The van der Waals surface area contributed by atoms with Crippen molar-refractivity contribution < 1.29 is 17.9 Å². The van der Waals surface area contributed by atoms with E-state index in [0.29, 0.717) is 31.8 Å². The Balaban J connectivity index is 2.23. The Labute approximate surface area is 125 Å². The molecule has 1 N–H and O–H groups in total. The zero-order chi connectivity index (χ0) is 15.5. The first-order chi connectivity index (χ1) is 9.94. The summed E-state index contributed by atoms with van der Waals surface area (Å²) in [5.41, 5.74) is 0.378. The van der Waals surface area contributed by atoms with Crippen LogP contribution < -0.4 is 4.72 Å². The Kier molecular flexibility index (Phi) is 4.97. The van der Waals surface area contributed by atoms with Gasteiger partial charge < -0.3 is 9.64 Å². The quantitative estimate of drug-likeness (QED) is 0.894. The summed E-state index contributed by atoms with van der Waals surface area (Å²) < 4.78 is 31.8. The molecule has 1 heterocycles. The molecule has 1 atom stereocenters. The predicted octanol–water partition coefficient (Wildman–Crippen LogP) is 0.846. The van der Waals surface area contributed by atoms with Crippen LogP contribution in [0.25, 0.3) is 0 Å². The van der Waals surface area contributed by atoms with Gasteiger partial charge in [-0.3, -0.25) is 4.79 Å². The topological polar surface area (TPSA) is 75.7 Å². The van der Waals surface area contributed by atoms with E-state index in [9.17, 15) is 13.2 Å². The lowest BCUT2D eigenvalue weighted by Crippen LogP contribution is -2.44. The van der Waals surface area contributed by atoms with Crippen LogP contribution in [0.4, 0.5) is 0 Å². The molecule has 0 bridgehead atoms. The standard InChI is InChI=1S/C14H20N2O4S/c1-3-15-21(18,19)13-6-4-5-12(9-13)14(17)16-7-8-20-11(2)10-16/h4-6,9,11,15H,3,7-8,10H2,1-2H3. The lowest BCUT2D eigenvalue weighted by atomic mass is 10.2. The van der Waals surface area contributed by atoms with Crippen LogP contribution in [0, 0.1) is 0 Å². The van der Waals surface area contributed by atoms with E-state index in [0.717, 1.165) is 0 Å². The van der Waals surface area contributed by atoms with Gasteiger partial charge in [0, 0.05) is 25.2 Å². The second-order valence-corrected chi connectivity index (χ2v) is 6.73. The first-order valence-electron chi connectivity index (χ1n) is 6.94. The van der Waals surface area contributed by atoms with Crippen molar-refractivity contribution in [1.82, 2.24) is 9.62 Å². The molecule has 1 unspecified atom stereocenters. The first-order valence-corrected chi connectivity index (χ1v) is 8.43. The molecule has 1 aliphatic rings. The van der Waals surface area contributed by atoms with E-state index in [1.54, 1.807) is 24.0 Å². The van der Waals surface area contributed by atoms with Gasteiger partial charge in [-0.2, -0.15) is 0 Å². The van der Waals surface area contributed by atoms with Gasteiger partial charge in [0.2, 0.25) is 10.0 Å². The summed E-state index contributed by atoms with van der Waals surface area (Å²) in [5.74, 6) is -0.168. The minimum Gasteiger partial charge on any atom is -0.375 e. The lowest BCUT2D eigenvalue weighted by Gasteiger charge is -2.31. The maximum Gasteiger partial charge on any atom is 0.254 e. The van der Waals surface area contributed by atoms with E-state index in [-0.39, 0.29) is 16.9 Å². The van der Waals surface area contributed by atoms with Gasteiger partial charge in [-0.05, 0) is 25.1 Å². The molecule has 1 fully saturated rings. The van der Waals surface area contributed by atoms with E-state index < -0.39 is 10.0 Å². The van der Waals surface area contributed by atoms with Crippen molar-refractivity contribution in [3.05, 3.63) is 29.8 Å². The van der Waals surface area contributed by atoms with E-state index in [4.69, 9.17) is 4.74 Å². The number of nitrogens with zero attached hydrogens (tertiary/aromatic N) is 1. The van der Waals surface area contributed by atoms with Crippen LogP contribution in [-0.2, 0) is 14.8 Å². The number of amides is 1. The van der Waals surface area contributed by atoms with Crippen LogP contribution in [0.5, 0.6) is 0 Å². The number of sulfonamides is 1. The number of carbonyl (C=O) groups excluding carboxylic acids is 1. The molecule has 7 heteroatoms. The number of morpholine rings is 1. The van der Waals surface area contributed by atoms with Crippen molar-refractivity contribution >= 4 is 15.9 Å². The second kappa shape index (κ2) is 6.55. The van der Waals surface area contributed by atoms with Crippen molar-refractivity contribution in [1.29, 1.82) is 0 Å². The fourth-order valence-electron chi connectivity index (χ4n) is 2.26. The molecule has 1 saturated heterocycles. The molecule has 1 amide bonds. The molecule has 0 aliphatic carbocycles. The highest BCUT2D eigenvalue weighted by molar-refractivity contribution is 7.89. The molecule has 0 spiro atoms. The molecular formula is C14H20N2O4S. The Morgan fingerprint density at radius 3 is 2.90 bits per heavy atom. The summed E-state index contributed by atoms with van der Waals surface area (Å²) in [7, 11) is -3.55. The molecule has 0 saturated carbocycles. The molecule has 1 aromatic carbocycles. The summed E-state index contributed by atoms with van der Waals surface area (Å²) in [4.78, 5) is 14.2.